The number of methoxy groups -OCH3 is 1. The number of alkyl halides is 1. The lowest BCUT2D eigenvalue weighted by molar-refractivity contribution is 0.0932. The molecule has 1 saturated carbocycles. The Morgan fingerprint density at radius 3 is 2.85 bits per heavy atom. The Hall–Kier alpha value is -1.23. The first-order chi connectivity index (χ1) is 9.61. The van der Waals surface area contributed by atoms with Crippen molar-refractivity contribution in [3.05, 3.63) is 23.8 Å². The van der Waals surface area contributed by atoms with Crippen LogP contribution in [0.5, 0.6) is 11.5 Å². The molecule has 0 aliphatic heterocycles. The maximum Gasteiger partial charge on any atom is 0.255 e. The highest BCUT2D eigenvalue weighted by molar-refractivity contribution is 9.09. The third kappa shape index (κ3) is 3.66. The van der Waals surface area contributed by atoms with Gasteiger partial charge in [-0.2, -0.15) is 0 Å². The van der Waals surface area contributed by atoms with Crippen LogP contribution in [-0.2, 0) is 0 Å². The Morgan fingerprint density at radius 1 is 1.35 bits per heavy atom. The highest BCUT2D eigenvalue weighted by Crippen LogP contribution is 2.26. The van der Waals surface area contributed by atoms with Crippen LogP contribution in [0.2, 0.25) is 0 Å². The zero-order chi connectivity index (χ0) is 14.5. The van der Waals surface area contributed by atoms with Crippen LogP contribution in [0, 0.1) is 0 Å². The van der Waals surface area contributed by atoms with Crippen LogP contribution in [0.1, 0.15) is 42.5 Å². The molecule has 0 heterocycles. The van der Waals surface area contributed by atoms with E-state index in [0.29, 0.717) is 10.6 Å². The van der Waals surface area contributed by atoms with E-state index in [1.807, 2.05) is 0 Å². The van der Waals surface area contributed by atoms with Gasteiger partial charge in [0.1, 0.15) is 11.5 Å². The molecule has 2 rings (SSSR count). The SMILES string of the molecule is COc1ccc(O)c(C(=O)NC2CCCCCC2Br)c1. The summed E-state index contributed by atoms with van der Waals surface area (Å²) in [7, 11) is 1.54. The first-order valence-corrected chi connectivity index (χ1v) is 7.85. The summed E-state index contributed by atoms with van der Waals surface area (Å²) in [6, 6.07) is 4.78. The van der Waals surface area contributed by atoms with E-state index in [4.69, 9.17) is 4.74 Å². The molecule has 110 valence electrons. The van der Waals surface area contributed by atoms with Gasteiger partial charge in [-0.3, -0.25) is 4.79 Å². The van der Waals surface area contributed by atoms with Crippen molar-refractivity contribution in [1.82, 2.24) is 5.32 Å². The van der Waals surface area contributed by atoms with Gasteiger partial charge in [0.05, 0.1) is 12.7 Å². The van der Waals surface area contributed by atoms with Crippen molar-refractivity contribution in [2.45, 2.75) is 43.0 Å². The maximum absolute atomic E-state index is 12.3. The molecule has 1 aliphatic carbocycles. The minimum atomic E-state index is -0.252. The number of aromatic hydroxyl groups is 1. The second-order valence-corrected chi connectivity index (χ2v) is 6.29. The topological polar surface area (TPSA) is 58.6 Å². The number of phenolic OH excluding ortho intramolecular Hbond substituents is 1. The number of hydrogen-bond donors (Lipinski definition) is 2. The van der Waals surface area contributed by atoms with E-state index in [0.717, 1.165) is 19.3 Å². The van der Waals surface area contributed by atoms with Gasteiger partial charge < -0.3 is 15.2 Å². The van der Waals surface area contributed by atoms with Gasteiger partial charge in [0.25, 0.3) is 5.91 Å². The summed E-state index contributed by atoms with van der Waals surface area (Å²) >= 11 is 3.65. The number of nitrogens with one attached hydrogen (secondary N) is 1. The quantitative estimate of drug-likeness (QED) is 0.655. The average Bonchev–Trinajstić information content (AvgIpc) is 2.64. The van der Waals surface area contributed by atoms with Crippen LogP contribution in [0.3, 0.4) is 0 Å². The lowest BCUT2D eigenvalue weighted by atomic mass is 10.1. The number of halogens is 1. The molecule has 1 aromatic carbocycles. The van der Waals surface area contributed by atoms with Crippen molar-refractivity contribution in [3.63, 3.8) is 0 Å². The molecule has 0 bridgehead atoms. The summed E-state index contributed by atoms with van der Waals surface area (Å²) in [5.74, 6) is 0.282. The zero-order valence-electron chi connectivity index (χ0n) is 11.6. The molecule has 0 radical (unpaired) electrons. The average molecular weight is 342 g/mol. The van der Waals surface area contributed by atoms with E-state index in [-0.39, 0.29) is 23.3 Å². The third-order valence-corrected chi connectivity index (χ3v) is 4.79. The summed E-state index contributed by atoms with van der Waals surface area (Å²) in [5.41, 5.74) is 0.258. The summed E-state index contributed by atoms with van der Waals surface area (Å²) in [5, 5.41) is 12.8. The lowest BCUT2D eigenvalue weighted by Gasteiger charge is -2.21. The largest absolute Gasteiger partial charge is 0.507 e. The fourth-order valence-corrected chi connectivity index (χ4v) is 3.22. The Bertz CT molecular complexity index is 478. The van der Waals surface area contributed by atoms with E-state index >= 15 is 0 Å². The number of benzene rings is 1. The zero-order valence-corrected chi connectivity index (χ0v) is 13.1. The molecule has 2 unspecified atom stereocenters. The number of carbonyl (C=O) groups excluding carboxylic acids is 1. The van der Waals surface area contributed by atoms with E-state index < -0.39 is 0 Å². The summed E-state index contributed by atoms with van der Waals surface area (Å²) in [6.45, 7) is 0. The molecule has 0 saturated heterocycles. The van der Waals surface area contributed by atoms with Gasteiger partial charge >= 0.3 is 0 Å². The highest BCUT2D eigenvalue weighted by Gasteiger charge is 2.24. The first-order valence-electron chi connectivity index (χ1n) is 6.93. The minimum Gasteiger partial charge on any atom is -0.507 e. The predicted octanol–water partition coefficient (Wildman–Crippen LogP) is 3.23. The number of phenols is 1. The minimum absolute atomic E-state index is 0.0250. The molecule has 1 aromatic rings. The number of carbonyl (C=O) groups is 1. The fourth-order valence-electron chi connectivity index (χ4n) is 2.50. The van der Waals surface area contributed by atoms with Crippen molar-refractivity contribution >= 4 is 21.8 Å². The molecule has 1 fully saturated rings. The van der Waals surface area contributed by atoms with Gasteiger partial charge in [0.15, 0.2) is 0 Å². The molecule has 2 N–H and O–H groups in total. The van der Waals surface area contributed by atoms with E-state index in [1.54, 1.807) is 12.1 Å². The lowest BCUT2D eigenvalue weighted by Crippen LogP contribution is -2.40. The normalized spacial score (nSPS) is 22.9. The summed E-state index contributed by atoms with van der Waals surface area (Å²) in [4.78, 5) is 12.6. The molecule has 0 spiro atoms. The van der Waals surface area contributed by atoms with Crippen LogP contribution >= 0.6 is 15.9 Å². The second-order valence-electron chi connectivity index (χ2n) is 5.12. The van der Waals surface area contributed by atoms with Crippen LogP contribution in [0.25, 0.3) is 0 Å². The van der Waals surface area contributed by atoms with Crippen LogP contribution in [0.4, 0.5) is 0 Å². The Kier molecular flexibility index (Phi) is 5.29. The Morgan fingerprint density at radius 2 is 2.10 bits per heavy atom. The van der Waals surface area contributed by atoms with Gasteiger partial charge in [-0.15, -0.1) is 0 Å². The van der Waals surface area contributed by atoms with Crippen molar-refractivity contribution < 1.29 is 14.6 Å². The van der Waals surface area contributed by atoms with Crippen molar-refractivity contribution in [3.8, 4) is 11.5 Å². The first kappa shape index (κ1) is 15.2. The number of ether oxygens (including phenoxy) is 1. The van der Waals surface area contributed by atoms with Gasteiger partial charge in [-0.25, -0.2) is 0 Å². The van der Waals surface area contributed by atoms with Crippen LogP contribution < -0.4 is 10.1 Å². The predicted molar refractivity (Wildman–Crippen MR) is 81.7 cm³/mol. The fraction of sp³-hybridized carbons (Fsp3) is 0.533. The molecular formula is C15H20BrNO3. The van der Waals surface area contributed by atoms with Gasteiger partial charge in [0.2, 0.25) is 0 Å². The van der Waals surface area contributed by atoms with Gasteiger partial charge in [-0.1, -0.05) is 35.2 Å². The van der Waals surface area contributed by atoms with Crippen LogP contribution in [-0.4, -0.2) is 29.0 Å². The number of hydrogen-bond acceptors (Lipinski definition) is 3. The second kappa shape index (κ2) is 6.97. The highest BCUT2D eigenvalue weighted by atomic mass is 79.9. The van der Waals surface area contributed by atoms with Crippen molar-refractivity contribution in [2.75, 3.05) is 7.11 Å². The van der Waals surface area contributed by atoms with E-state index in [1.165, 1.54) is 26.0 Å². The summed E-state index contributed by atoms with van der Waals surface area (Å²) < 4.78 is 5.09. The van der Waals surface area contributed by atoms with Crippen molar-refractivity contribution in [1.29, 1.82) is 0 Å². The maximum atomic E-state index is 12.3. The molecule has 2 atom stereocenters. The molecule has 4 nitrogen and oxygen atoms in total. The van der Waals surface area contributed by atoms with Gasteiger partial charge in [-0.05, 0) is 31.0 Å². The van der Waals surface area contributed by atoms with E-state index in [9.17, 15) is 9.90 Å². The van der Waals surface area contributed by atoms with Gasteiger partial charge in [0, 0.05) is 10.9 Å². The molecule has 0 aromatic heterocycles. The Balaban J connectivity index is 2.10. The van der Waals surface area contributed by atoms with Crippen molar-refractivity contribution in [2.24, 2.45) is 0 Å². The number of amides is 1. The molecular weight excluding hydrogens is 322 g/mol. The number of rotatable bonds is 3. The molecule has 20 heavy (non-hydrogen) atoms. The molecule has 5 heteroatoms. The molecule has 1 amide bonds. The van der Waals surface area contributed by atoms with Crippen LogP contribution in [0.15, 0.2) is 18.2 Å². The Labute approximate surface area is 127 Å². The standard InChI is InChI=1S/C15H20BrNO3/c1-20-10-7-8-14(18)11(9-10)15(19)17-13-6-4-2-3-5-12(13)16/h7-9,12-13,18H,2-6H2,1H3,(H,17,19). The monoisotopic (exact) mass is 341 g/mol. The smallest absolute Gasteiger partial charge is 0.255 e. The third-order valence-electron chi connectivity index (χ3n) is 3.70. The molecule has 1 aliphatic rings. The van der Waals surface area contributed by atoms with E-state index in [2.05, 4.69) is 21.2 Å². The summed E-state index contributed by atoms with van der Waals surface area (Å²) in [6.07, 6.45) is 5.55.